The van der Waals surface area contributed by atoms with Gasteiger partial charge in [-0.05, 0) is 43.6 Å². The lowest BCUT2D eigenvalue weighted by molar-refractivity contribution is -0.115. The molecule has 0 saturated carbocycles. The zero-order valence-corrected chi connectivity index (χ0v) is 16.1. The normalized spacial score (nSPS) is 22.5. The number of hydrogen-bond acceptors (Lipinski definition) is 4. The Bertz CT molecular complexity index is 627. The Labute approximate surface area is 160 Å². The molecule has 8 heteroatoms. The summed E-state index contributed by atoms with van der Waals surface area (Å²) in [5.41, 5.74) is 2.24. The van der Waals surface area contributed by atoms with Crippen LogP contribution in [0.3, 0.4) is 0 Å². The molecule has 2 aliphatic heterocycles. The number of rotatable bonds is 2. The average molecular weight is 389 g/mol. The van der Waals surface area contributed by atoms with E-state index in [2.05, 4.69) is 22.9 Å². The van der Waals surface area contributed by atoms with E-state index in [1.165, 1.54) is 0 Å². The fourth-order valence-electron chi connectivity index (χ4n) is 3.19. The summed E-state index contributed by atoms with van der Waals surface area (Å²) in [5, 5.41) is 9.35. The molecule has 1 aromatic rings. The van der Waals surface area contributed by atoms with Crippen molar-refractivity contribution in [3.8, 4) is 0 Å². The van der Waals surface area contributed by atoms with Crippen LogP contribution in [0.4, 0.5) is 11.4 Å². The number of benzene rings is 1. The smallest absolute Gasteiger partial charge is 0.251 e. The molecule has 3 rings (SSSR count). The van der Waals surface area contributed by atoms with Crippen LogP contribution >= 0.6 is 24.8 Å². The quantitative estimate of drug-likeness (QED) is 0.724. The van der Waals surface area contributed by atoms with E-state index in [-0.39, 0.29) is 42.7 Å². The molecule has 0 spiro atoms. The topological polar surface area (TPSA) is 73.5 Å². The SMILES string of the molecule is CC1CNCCC1NC(=O)c1ccc2c(c1)NC(=O)CCN2C.Cl.Cl. The van der Waals surface area contributed by atoms with Crippen LogP contribution in [0.5, 0.6) is 0 Å². The van der Waals surface area contributed by atoms with E-state index in [1.807, 2.05) is 24.1 Å². The molecule has 1 aromatic carbocycles. The summed E-state index contributed by atoms with van der Waals surface area (Å²) >= 11 is 0. The van der Waals surface area contributed by atoms with Gasteiger partial charge in [-0.3, -0.25) is 9.59 Å². The van der Waals surface area contributed by atoms with E-state index < -0.39 is 0 Å². The fourth-order valence-corrected chi connectivity index (χ4v) is 3.19. The first kappa shape index (κ1) is 21.5. The minimum atomic E-state index is -0.0762. The van der Waals surface area contributed by atoms with Crippen LogP contribution in [-0.4, -0.2) is 44.5 Å². The molecule has 1 saturated heterocycles. The number of nitrogens with zero attached hydrogens (tertiary/aromatic N) is 1. The highest BCUT2D eigenvalue weighted by Crippen LogP contribution is 2.29. The standard InChI is InChI=1S/C17H24N4O2.2ClH/c1-11-10-18-7-5-13(11)20-17(23)12-3-4-15-14(9-12)19-16(22)6-8-21(15)2;;/h3-4,9,11,13,18H,5-8,10H2,1-2H3,(H,19,22)(H,20,23);2*1H. The first-order chi connectivity index (χ1) is 11.0. The number of carbonyl (C=O) groups is 2. The van der Waals surface area contributed by atoms with Crippen molar-refractivity contribution in [2.75, 3.05) is 36.9 Å². The molecule has 25 heavy (non-hydrogen) atoms. The summed E-state index contributed by atoms with van der Waals surface area (Å²) in [4.78, 5) is 26.4. The van der Waals surface area contributed by atoms with E-state index >= 15 is 0 Å². The zero-order chi connectivity index (χ0) is 16.4. The van der Waals surface area contributed by atoms with Gasteiger partial charge in [-0.15, -0.1) is 24.8 Å². The maximum atomic E-state index is 12.5. The molecular formula is C17H26Cl2N4O2. The molecule has 3 N–H and O–H groups in total. The van der Waals surface area contributed by atoms with Crippen LogP contribution in [0.15, 0.2) is 18.2 Å². The predicted molar refractivity (Wildman–Crippen MR) is 105 cm³/mol. The van der Waals surface area contributed by atoms with Gasteiger partial charge in [0.05, 0.1) is 11.4 Å². The highest BCUT2D eigenvalue weighted by atomic mass is 35.5. The van der Waals surface area contributed by atoms with Crippen molar-refractivity contribution in [1.82, 2.24) is 10.6 Å². The Kier molecular flexibility index (Phi) is 7.99. The summed E-state index contributed by atoms with van der Waals surface area (Å²) in [6.45, 7) is 4.68. The third kappa shape index (κ3) is 5.00. The van der Waals surface area contributed by atoms with Crippen molar-refractivity contribution in [3.63, 3.8) is 0 Å². The molecule has 140 valence electrons. The number of anilines is 2. The average Bonchev–Trinajstić information content (AvgIpc) is 2.68. The largest absolute Gasteiger partial charge is 0.372 e. The van der Waals surface area contributed by atoms with Gasteiger partial charge >= 0.3 is 0 Å². The maximum absolute atomic E-state index is 12.5. The second-order valence-corrected chi connectivity index (χ2v) is 6.50. The Hall–Kier alpha value is -1.50. The van der Waals surface area contributed by atoms with E-state index in [4.69, 9.17) is 0 Å². The van der Waals surface area contributed by atoms with Gasteiger partial charge in [0.1, 0.15) is 0 Å². The lowest BCUT2D eigenvalue weighted by Crippen LogP contribution is -2.48. The summed E-state index contributed by atoms with van der Waals surface area (Å²) in [5.74, 6) is 0.326. The number of hydrogen-bond donors (Lipinski definition) is 3. The van der Waals surface area contributed by atoms with Gasteiger partial charge in [0.25, 0.3) is 5.91 Å². The van der Waals surface area contributed by atoms with Crippen LogP contribution in [-0.2, 0) is 4.79 Å². The third-order valence-electron chi connectivity index (χ3n) is 4.72. The summed E-state index contributed by atoms with van der Waals surface area (Å²) in [6, 6.07) is 5.70. The van der Waals surface area contributed by atoms with Gasteiger partial charge in [0.15, 0.2) is 0 Å². The van der Waals surface area contributed by atoms with Gasteiger partial charge in [0, 0.05) is 31.6 Å². The van der Waals surface area contributed by atoms with Gasteiger partial charge in [-0.2, -0.15) is 0 Å². The molecule has 0 aliphatic carbocycles. The van der Waals surface area contributed by atoms with Gasteiger partial charge in [-0.25, -0.2) is 0 Å². The molecular weight excluding hydrogens is 363 g/mol. The Morgan fingerprint density at radius 3 is 2.80 bits per heavy atom. The summed E-state index contributed by atoms with van der Waals surface area (Å²) in [6.07, 6.45) is 1.40. The second-order valence-electron chi connectivity index (χ2n) is 6.50. The van der Waals surface area contributed by atoms with Gasteiger partial charge in [0.2, 0.25) is 5.91 Å². The molecule has 2 atom stereocenters. The van der Waals surface area contributed by atoms with E-state index in [0.717, 1.165) is 25.2 Å². The molecule has 2 aliphatic rings. The lowest BCUT2D eigenvalue weighted by atomic mass is 9.95. The zero-order valence-electron chi connectivity index (χ0n) is 14.5. The van der Waals surface area contributed by atoms with Crippen molar-refractivity contribution in [1.29, 1.82) is 0 Å². The van der Waals surface area contributed by atoms with Crippen LogP contribution in [0, 0.1) is 5.92 Å². The second kappa shape index (κ2) is 9.27. The maximum Gasteiger partial charge on any atom is 0.251 e. The molecule has 6 nitrogen and oxygen atoms in total. The Morgan fingerprint density at radius 1 is 1.32 bits per heavy atom. The molecule has 2 unspecified atom stereocenters. The van der Waals surface area contributed by atoms with Crippen molar-refractivity contribution < 1.29 is 9.59 Å². The number of amides is 2. The van der Waals surface area contributed by atoms with Crippen molar-refractivity contribution in [2.24, 2.45) is 5.92 Å². The van der Waals surface area contributed by atoms with Gasteiger partial charge < -0.3 is 20.9 Å². The minimum Gasteiger partial charge on any atom is -0.372 e. The molecule has 1 fully saturated rings. The number of carbonyl (C=O) groups excluding carboxylic acids is 2. The van der Waals surface area contributed by atoms with Crippen LogP contribution < -0.4 is 20.9 Å². The monoisotopic (exact) mass is 388 g/mol. The fraction of sp³-hybridized carbons (Fsp3) is 0.529. The summed E-state index contributed by atoms with van der Waals surface area (Å²) < 4.78 is 0. The van der Waals surface area contributed by atoms with Crippen molar-refractivity contribution in [3.05, 3.63) is 23.8 Å². The number of nitrogens with one attached hydrogen (secondary N) is 3. The first-order valence-corrected chi connectivity index (χ1v) is 8.21. The predicted octanol–water partition coefficient (Wildman–Crippen LogP) is 2.04. The first-order valence-electron chi connectivity index (χ1n) is 8.21. The van der Waals surface area contributed by atoms with Crippen LogP contribution in [0.25, 0.3) is 0 Å². The molecule has 2 heterocycles. The Balaban J connectivity index is 0.00000156. The number of halogens is 2. The van der Waals surface area contributed by atoms with Crippen molar-refractivity contribution in [2.45, 2.75) is 25.8 Å². The lowest BCUT2D eigenvalue weighted by Gasteiger charge is -2.30. The van der Waals surface area contributed by atoms with Crippen LogP contribution in [0.2, 0.25) is 0 Å². The number of fused-ring (bicyclic) bond motifs is 1. The van der Waals surface area contributed by atoms with Crippen LogP contribution in [0.1, 0.15) is 30.1 Å². The highest BCUT2D eigenvalue weighted by molar-refractivity contribution is 6.01. The number of piperidine rings is 1. The minimum absolute atomic E-state index is 0. The van der Waals surface area contributed by atoms with E-state index in [1.54, 1.807) is 6.07 Å². The van der Waals surface area contributed by atoms with E-state index in [0.29, 0.717) is 30.1 Å². The van der Waals surface area contributed by atoms with Crippen molar-refractivity contribution >= 4 is 48.0 Å². The highest BCUT2D eigenvalue weighted by Gasteiger charge is 2.24. The third-order valence-corrected chi connectivity index (χ3v) is 4.72. The van der Waals surface area contributed by atoms with E-state index in [9.17, 15) is 9.59 Å². The summed E-state index contributed by atoms with van der Waals surface area (Å²) in [7, 11) is 1.95. The molecule has 2 amide bonds. The van der Waals surface area contributed by atoms with Gasteiger partial charge in [-0.1, -0.05) is 6.92 Å². The Morgan fingerprint density at radius 2 is 2.08 bits per heavy atom. The molecule has 0 aromatic heterocycles. The molecule has 0 bridgehead atoms. The molecule has 0 radical (unpaired) electrons.